The molecule has 0 atom stereocenters. The van der Waals surface area contributed by atoms with Crippen LogP contribution in [0.15, 0.2) is 66.2 Å². The summed E-state index contributed by atoms with van der Waals surface area (Å²) in [4.78, 5) is 7.93. The Kier molecular flexibility index (Phi) is 5.52. The van der Waals surface area contributed by atoms with E-state index in [4.69, 9.17) is 5.73 Å². The smallest absolute Gasteiger partial charge is 0.0708 e. The van der Waals surface area contributed by atoms with Gasteiger partial charge < -0.3 is 16.0 Å². The van der Waals surface area contributed by atoms with Crippen molar-refractivity contribution in [3.8, 4) is 0 Å². The number of anilines is 2. The number of nitrogens with two attached hydrogens (primary N) is 1. The van der Waals surface area contributed by atoms with Crippen LogP contribution in [0.3, 0.4) is 0 Å². The van der Waals surface area contributed by atoms with Gasteiger partial charge in [0.25, 0.3) is 0 Å². The molecule has 1 aliphatic rings. The molecule has 1 aliphatic heterocycles. The Morgan fingerprint density at radius 3 is 2.71 bits per heavy atom. The van der Waals surface area contributed by atoms with Crippen molar-refractivity contribution in [3.63, 3.8) is 0 Å². The van der Waals surface area contributed by atoms with Crippen molar-refractivity contribution in [2.75, 3.05) is 44.3 Å². The van der Waals surface area contributed by atoms with Gasteiger partial charge in [-0.1, -0.05) is 24.8 Å². The van der Waals surface area contributed by atoms with Gasteiger partial charge >= 0.3 is 0 Å². The minimum absolute atomic E-state index is 0.721. The Balaban J connectivity index is 1.44. The Morgan fingerprint density at radius 2 is 1.93 bits per heavy atom. The molecule has 2 heterocycles. The molecule has 3 aromatic rings. The van der Waals surface area contributed by atoms with Gasteiger partial charge in [-0.3, -0.25) is 4.98 Å². The number of hydrogen-bond acceptors (Lipinski definition) is 6. The highest BCUT2D eigenvalue weighted by Gasteiger charge is 2.15. The van der Waals surface area contributed by atoms with Crippen molar-refractivity contribution in [2.45, 2.75) is 4.90 Å². The second-order valence-corrected chi connectivity index (χ2v) is 8.26. The van der Waals surface area contributed by atoms with Gasteiger partial charge in [0.15, 0.2) is 0 Å². The molecular formula is C22H25N5S. The lowest BCUT2D eigenvalue weighted by Crippen LogP contribution is -2.40. The standard InChI is InChI=1S/C22H25N5S/c1-16(18-6-5-17-4-3-9-24-22(17)14-18)25-21-8-7-19(15-20(21)23)28-27-12-10-26(2)11-13-27/h3-9,14-15,25H,1,10-13,23H2,2H3. The second-order valence-electron chi connectivity index (χ2n) is 7.09. The topological polar surface area (TPSA) is 57.4 Å². The summed E-state index contributed by atoms with van der Waals surface area (Å²) in [6, 6.07) is 16.3. The van der Waals surface area contributed by atoms with Crippen LogP contribution in [0.2, 0.25) is 0 Å². The fourth-order valence-electron chi connectivity index (χ4n) is 3.23. The average Bonchev–Trinajstić information content (AvgIpc) is 2.71. The molecule has 144 valence electrons. The third-order valence-corrected chi connectivity index (χ3v) is 6.05. The third kappa shape index (κ3) is 4.30. The summed E-state index contributed by atoms with van der Waals surface area (Å²) in [6.45, 7) is 8.51. The normalized spacial score (nSPS) is 15.6. The van der Waals surface area contributed by atoms with Crippen molar-refractivity contribution in [2.24, 2.45) is 0 Å². The van der Waals surface area contributed by atoms with E-state index in [0.29, 0.717) is 0 Å². The van der Waals surface area contributed by atoms with E-state index in [1.54, 1.807) is 18.1 Å². The summed E-state index contributed by atoms with van der Waals surface area (Å²) in [5.41, 5.74) is 10.7. The molecule has 28 heavy (non-hydrogen) atoms. The fraction of sp³-hybridized carbons (Fsp3) is 0.227. The molecule has 0 spiro atoms. The van der Waals surface area contributed by atoms with Gasteiger partial charge in [0.2, 0.25) is 0 Å². The molecular weight excluding hydrogens is 366 g/mol. The van der Waals surface area contributed by atoms with Gasteiger partial charge in [0.1, 0.15) is 0 Å². The predicted molar refractivity (Wildman–Crippen MR) is 120 cm³/mol. The molecule has 1 aromatic heterocycles. The number of benzene rings is 2. The SMILES string of the molecule is C=C(Nc1ccc(SN2CCN(C)CC2)cc1N)c1ccc2cccnc2c1. The van der Waals surface area contributed by atoms with Crippen LogP contribution in [0.25, 0.3) is 16.6 Å². The van der Waals surface area contributed by atoms with Crippen molar-refractivity contribution >= 4 is 39.9 Å². The number of fused-ring (bicyclic) bond motifs is 1. The van der Waals surface area contributed by atoms with Crippen LogP contribution in [-0.2, 0) is 0 Å². The number of nitrogen functional groups attached to an aromatic ring is 1. The monoisotopic (exact) mass is 391 g/mol. The zero-order valence-electron chi connectivity index (χ0n) is 16.1. The van der Waals surface area contributed by atoms with Crippen molar-refractivity contribution in [1.29, 1.82) is 0 Å². The summed E-state index contributed by atoms with van der Waals surface area (Å²) in [5, 5.41) is 4.47. The van der Waals surface area contributed by atoms with Crippen molar-refractivity contribution in [1.82, 2.24) is 14.2 Å². The van der Waals surface area contributed by atoms with Crippen molar-refractivity contribution in [3.05, 3.63) is 66.9 Å². The second kappa shape index (κ2) is 8.22. The molecule has 6 heteroatoms. The number of aromatic nitrogens is 1. The minimum atomic E-state index is 0.721. The zero-order valence-corrected chi connectivity index (χ0v) is 16.9. The first kappa shape index (κ1) is 18.8. The van der Waals surface area contributed by atoms with E-state index < -0.39 is 0 Å². The first-order valence-electron chi connectivity index (χ1n) is 9.40. The third-order valence-electron chi connectivity index (χ3n) is 4.96. The van der Waals surface area contributed by atoms with Gasteiger partial charge in [-0.05, 0) is 54.9 Å². The maximum Gasteiger partial charge on any atom is 0.0708 e. The Labute approximate surface area is 170 Å². The first-order valence-corrected chi connectivity index (χ1v) is 10.2. The molecule has 0 unspecified atom stereocenters. The highest BCUT2D eigenvalue weighted by Crippen LogP contribution is 2.31. The van der Waals surface area contributed by atoms with Gasteiger partial charge in [-0.25, -0.2) is 4.31 Å². The molecule has 0 saturated carbocycles. The largest absolute Gasteiger partial charge is 0.397 e. The summed E-state index contributed by atoms with van der Waals surface area (Å²) < 4.78 is 2.39. The molecule has 3 N–H and O–H groups in total. The minimum Gasteiger partial charge on any atom is -0.397 e. The van der Waals surface area contributed by atoms with Crippen LogP contribution in [0.4, 0.5) is 11.4 Å². The summed E-state index contributed by atoms with van der Waals surface area (Å²) in [5.74, 6) is 0. The van der Waals surface area contributed by atoms with E-state index in [2.05, 4.69) is 51.3 Å². The molecule has 4 rings (SSSR count). The Morgan fingerprint density at radius 1 is 1.11 bits per heavy atom. The molecule has 1 saturated heterocycles. The number of piperazine rings is 1. The van der Waals surface area contributed by atoms with E-state index in [1.807, 2.05) is 30.3 Å². The zero-order chi connectivity index (χ0) is 19.5. The maximum atomic E-state index is 6.31. The lowest BCUT2D eigenvalue weighted by atomic mass is 10.1. The van der Waals surface area contributed by atoms with Gasteiger partial charge in [-0.2, -0.15) is 0 Å². The van der Waals surface area contributed by atoms with Crippen LogP contribution < -0.4 is 11.1 Å². The quantitative estimate of drug-likeness (QED) is 0.503. The maximum absolute atomic E-state index is 6.31. The molecule has 5 nitrogen and oxygen atoms in total. The first-order chi connectivity index (χ1) is 13.6. The highest BCUT2D eigenvalue weighted by atomic mass is 32.2. The van der Waals surface area contributed by atoms with E-state index in [9.17, 15) is 0 Å². The average molecular weight is 392 g/mol. The predicted octanol–water partition coefficient (Wildman–Crippen LogP) is 4.15. The molecule has 0 bridgehead atoms. The molecule has 1 fully saturated rings. The highest BCUT2D eigenvalue weighted by molar-refractivity contribution is 7.97. The Hall–Kier alpha value is -2.54. The molecule has 0 amide bonds. The molecule has 0 radical (unpaired) electrons. The number of nitrogens with one attached hydrogen (secondary N) is 1. The van der Waals surface area contributed by atoms with Crippen molar-refractivity contribution < 1.29 is 0 Å². The summed E-state index contributed by atoms with van der Waals surface area (Å²) >= 11 is 1.77. The van der Waals surface area contributed by atoms with E-state index in [-0.39, 0.29) is 0 Å². The number of pyridine rings is 1. The number of rotatable bonds is 5. The van der Waals surface area contributed by atoms with Crippen LogP contribution in [0, 0.1) is 0 Å². The lowest BCUT2D eigenvalue weighted by Gasteiger charge is -2.31. The van der Waals surface area contributed by atoms with Gasteiger partial charge in [0.05, 0.1) is 16.9 Å². The summed E-state index contributed by atoms with van der Waals surface area (Å²) in [6.07, 6.45) is 1.80. The summed E-state index contributed by atoms with van der Waals surface area (Å²) in [7, 11) is 2.17. The van der Waals surface area contributed by atoms with Crippen LogP contribution >= 0.6 is 11.9 Å². The Bertz CT molecular complexity index is 995. The fourth-order valence-corrected chi connectivity index (χ4v) is 4.18. The van der Waals surface area contributed by atoms with E-state index in [0.717, 1.165) is 64.6 Å². The van der Waals surface area contributed by atoms with E-state index in [1.165, 1.54) is 0 Å². The van der Waals surface area contributed by atoms with Gasteiger partial charge in [0, 0.05) is 48.4 Å². The van der Waals surface area contributed by atoms with Crippen LogP contribution in [0.5, 0.6) is 0 Å². The molecule has 2 aromatic carbocycles. The number of likely N-dealkylation sites (N-methyl/N-ethyl adjacent to an activating group) is 1. The number of hydrogen-bond donors (Lipinski definition) is 2. The van der Waals surface area contributed by atoms with E-state index >= 15 is 0 Å². The lowest BCUT2D eigenvalue weighted by molar-refractivity contribution is 0.233. The van der Waals surface area contributed by atoms with Crippen LogP contribution in [0.1, 0.15) is 5.56 Å². The number of nitrogens with zero attached hydrogens (tertiary/aromatic N) is 3. The van der Waals surface area contributed by atoms with Gasteiger partial charge in [-0.15, -0.1) is 0 Å². The molecule has 0 aliphatic carbocycles. The van der Waals surface area contributed by atoms with Crippen LogP contribution in [-0.4, -0.2) is 47.4 Å².